The molecule has 0 aromatic carbocycles. The molecule has 0 saturated heterocycles. The van der Waals surface area contributed by atoms with Crippen molar-refractivity contribution in [3.05, 3.63) is 12.2 Å². The minimum absolute atomic E-state index is 0.138. The summed E-state index contributed by atoms with van der Waals surface area (Å²) in [6, 6.07) is 0. The van der Waals surface area contributed by atoms with E-state index in [1.54, 1.807) is 6.92 Å². The van der Waals surface area contributed by atoms with Crippen molar-refractivity contribution in [2.45, 2.75) is 52.6 Å². The number of carbonyl (C=O) groups excluding carboxylic acids is 1. The van der Waals surface area contributed by atoms with Crippen LogP contribution in [0.2, 0.25) is 0 Å². The summed E-state index contributed by atoms with van der Waals surface area (Å²) in [7, 11) is 0. The number of hydrogen-bond donors (Lipinski definition) is 1. The summed E-state index contributed by atoms with van der Waals surface area (Å²) < 4.78 is 5.46. The lowest BCUT2D eigenvalue weighted by Crippen LogP contribution is -2.55. The fourth-order valence-corrected chi connectivity index (χ4v) is 4.01. The summed E-state index contributed by atoms with van der Waals surface area (Å²) >= 11 is 0. The molecule has 0 aliphatic heterocycles. The smallest absolute Gasteiger partial charge is 0.348 e. The highest BCUT2D eigenvalue weighted by molar-refractivity contribution is 5.91. The number of rotatable bonds is 3. The number of carbonyl (C=O) groups is 2. The van der Waals surface area contributed by atoms with Crippen molar-refractivity contribution in [1.29, 1.82) is 0 Å². The third-order valence-electron chi connectivity index (χ3n) is 5.82. The van der Waals surface area contributed by atoms with Gasteiger partial charge in [0.25, 0.3) is 0 Å². The molecule has 2 saturated carbocycles. The molecule has 0 radical (unpaired) electrons. The maximum atomic E-state index is 11.9. The van der Waals surface area contributed by atoms with Crippen molar-refractivity contribution in [2.24, 2.45) is 16.7 Å². The van der Waals surface area contributed by atoms with Crippen LogP contribution in [0.4, 0.5) is 0 Å². The quantitative estimate of drug-likeness (QED) is 0.630. The van der Waals surface area contributed by atoms with Gasteiger partial charge in [-0.15, -0.1) is 0 Å². The monoisotopic (exact) mass is 266 g/mol. The Morgan fingerprint density at radius 2 is 1.89 bits per heavy atom. The maximum absolute atomic E-state index is 11.9. The summed E-state index contributed by atoms with van der Waals surface area (Å²) in [6.45, 7) is 11.2. The van der Waals surface area contributed by atoms with Crippen LogP contribution < -0.4 is 0 Å². The molecule has 0 aromatic rings. The fourth-order valence-electron chi connectivity index (χ4n) is 4.01. The topological polar surface area (TPSA) is 63.6 Å². The number of fused-ring (bicyclic) bond motifs is 2. The standard InChI is InChI=1S/C15H22O4/c1-9(2)11(16)19-15(12(17)18)8-10-6-7-14(15,5)13(10,3)4/h10H,1,6-8H2,2-5H3,(H,17,18). The van der Waals surface area contributed by atoms with Gasteiger partial charge in [0.2, 0.25) is 5.60 Å². The molecule has 0 amide bonds. The lowest BCUT2D eigenvalue weighted by Gasteiger charge is -2.44. The van der Waals surface area contributed by atoms with Gasteiger partial charge >= 0.3 is 11.9 Å². The minimum atomic E-state index is -1.41. The molecule has 2 rings (SSSR count). The van der Waals surface area contributed by atoms with Crippen molar-refractivity contribution >= 4 is 11.9 Å². The molecule has 2 aliphatic rings. The van der Waals surface area contributed by atoms with Gasteiger partial charge in [-0.25, -0.2) is 9.59 Å². The first-order valence-electron chi connectivity index (χ1n) is 6.71. The van der Waals surface area contributed by atoms with Gasteiger partial charge in [-0.05, 0) is 31.1 Å². The van der Waals surface area contributed by atoms with E-state index in [0.29, 0.717) is 6.42 Å². The van der Waals surface area contributed by atoms with E-state index in [2.05, 4.69) is 20.4 Å². The van der Waals surface area contributed by atoms with E-state index in [4.69, 9.17) is 4.74 Å². The van der Waals surface area contributed by atoms with Gasteiger partial charge in [-0.1, -0.05) is 27.4 Å². The first-order valence-corrected chi connectivity index (χ1v) is 6.71. The summed E-state index contributed by atoms with van der Waals surface area (Å²) in [4.78, 5) is 23.7. The Morgan fingerprint density at radius 1 is 1.32 bits per heavy atom. The molecule has 0 heterocycles. The molecule has 4 nitrogen and oxygen atoms in total. The number of carboxylic acids is 1. The van der Waals surface area contributed by atoms with Crippen LogP contribution in [0.25, 0.3) is 0 Å². The molecule has 1 N–H and O–H groups in total. The van der Waals surface area contributed by atoms with Crippen LogP contribution >= 0.6 is 0 Å². The van der Waals surface area contributed by atoms with Gasteiger partial charge < -0.3 is 9.84 Å². The minimum Gasteiger partial charge on any atom is -0.478 e. The van der Waals surface area contributed by atoms with Gasteiger partial charge in [0.1, 0.15) is 0 Å². The van der Waals surface area contributed by atoms with Crippen molar-refractivity contribution in [2.75, 3.05) is 0 Å². The number of esters is 1. The van der Waals surface area contributed by atoms with Crippen LogP contribution in [0.1, 0.15) is 47.0 Å². The summed E-state index contributed by atoms with van der Waals surface area (Å²) in [5.41, 5.74) is -1.83. The Morgan fingerprint density at radius 3 is 2.21 bits per heavy atom. The van der Waals surface area contributed by atoms with Crippen LogP contribution in [0.5, 0.6) is 0 Å². The molecule has 2 bridgehead atoms. The van der Waals surface area contributed by atoms with Crippen LogP contribution in [0, 0.1) is 16.7 Å². The second-order valence-electron chi connectivity index (χ2n) is 6.80. The van der Waals surface area contributed by atoms with Gasteiger partial charge in [0.05, 0.1) is 0 Å². The maximum Gasteiger partial charge on any atom is 0.348 e. The predicted octanol–water partition coefficient (Wildman–Crippen LogP) is 2.78. The third kappa shape index (κ3) is 1.52. The summed E-state index contributed by atoms with van der Waals surface area (Å²) in [5.74, 6) is -1.35. The van der Waals surface area contributed by atoms with Gasteiger partial charge in [0, 0.05) is 17.4 Å². The van der Waals surface area contributed by atoms with Gasteiger partial charge in [-0.2, -0.15) is 0 Å². The normalized spacial score (nSPS) is 39.1. The Bertz CT molecular complexity index is 465. The second kappa shape index (κ2) is 3.84. The third-order valence-corrected chi connectivity index (χ3v) is 5.82. The molecule has 106 valence electrons. The number of aliphatic carboxylic acids is 1. The zero-order chi connectivity index (χ0) is 14.6. The molecule has 0 spiro atoms. The van der Waals surface area contributed by atoms with E-state index in [1.807, 2.05) is 6.92 Å². The molecule has 2 fully saturated rings. The van der Waals surface area contributed by atoms with Crippen molar-refractivity contribution in [3.8, 4) is 0 Å². The molecular weight excluding hydrogens is 244 g/mol. The number of hydrogen-bond acceptors (Lipinski definition) is 3. The van der Waals surface area contributed by atoms with E-state index in [0.717, 1.165) is 12.8 Å². The molecule has 19 heavy (non-hydrogen) atoms. The molecule has 0 aromatic heterocycles. The lowest BCUT2D eigenvalue weighted by atomic mass is 9.64. The van der Waals surface area contributed by atoms with Crippen LogP contribution in [0.15, 0.2) is 12.2 Å². The number of carboxylic acid groups (broad SMARTS) is 1. The number of ether oxygens (including phenoxy) is 1. The van der Waals surface area contributed by atoms with Gasteiger partial charge in [-0.3, -0.25) is 0 Å². The van der Waals surface area contributed by atoms with E-state index in [1.165, 1.54) is 0 Å². The first-order chi connectivity index (χ1) is 8.58. The fraction of sp³-hybridized carbons (Fsp3) is 0.733. The highest BCUT2D eigenvalue weighted by Gasteiger charge is 2.74. The highest BCUT2D eigenvalue weighted by Crippen LogP contribution is 2.70. The Kier molecular flexibility index (Phi) is 2.85. The highest BCUT2D eigenvalue weighted by atomic mass is 16.6. The molecule has 4 heteroatoms. The summed E-state index contributed by atoms with van der Waals surface area (Å²) in [5, 5.41) is 9.71. The average Bonchev–Trinajstić information content (AvgIpc) is 2.60. The average molecular weight is 266 g/mol. The Hall–Kier alpha value is -1.32. The summed E-state index contributed by atoms with van der Waals surface area (Å²) in [6.07, 6.45) is 2.19. The largest absolute Gasteiger partial charge is 0.478 e. The second-order valence-corrected chi connectivity index (χ2v) is 6.80. The van der Waals surface area contributed by atoms with E-state index in [-0.39, 0.29) is 16.9 Å². The van der Waals surface area contributed by atoms with Crippen molar-refractivity contribution in [3.63, 3.8) is 0 Å². The van der Waals surface area contributed by atoms with E-state index in [9.17, 15) is 14.7 Å². The zero-order valence-corrected chi connectivity index (χ0v) is 12.1. The van der Waals surface area contributed by atoms with Crippen LogP contribution in [-0.4, -0.2) is 22.6 Å². The lowest BCUT2D eigenvalue weighted by molar-refractivity contribution is -0.195. The van der Waals surface area contributed by atoms with Gasteiger partial charge in [0.15, 0.2) is 0 Å². The zero-order valence-electron chi connectivity index (χ0n) is 12.1. The van der Waals surface area contributed by atoms with Crippen LogP contribution in [0.3, 0.4) is 0 Å². The van der Waals surface area contributed by atoms with E-state index >= 15 is 0 Å². The van der Waals surface area contributed by atoms with Crippen molar-refractivity contribution in [1.82, 2.24) is 0 Å². The predicted molar refractivity (Wildman–Crippen MR) is 70.5 cm³/mol. The molecule has 2 aliphatic carbocycles. The molecule has 3 unspecified atom stereocenters. The molecule has 3 atom stereocenters. The first kappa shape index (κ1) is 14.1. The van der Waals surface area contributed by atoms with E-state index < -0.39 is 23.0 Å². The van der Waals surface area contributed by atoms with Crippen LogP contribution in [-0.2, 0) is 14.3 Å². The Balaban J connectivity index is 2.47. The Labute approximate surface area is 113 Å². The SMILES string of the molecule is C=C(C)C(=O)OC1(C(=O)O)CC2CCC1(C)C2(C)C. The van der Waals surface area contributed by atoms with Crippen molar-refractivity contribution < 1.29 is 19.4 Å². The molecular formula is C15H22O4.